The highest BCUT2D eigenvalue weighted by Crippen LogP contribution is 2.39. The van der Waals surface area contributed by atoms with E-state index < -0.39 is 0 Å². The Morgan fingerprint density at radius 3 is 2.77 bits per heavy atom. The van der Waals surface area contributed by atoms with Gasteiger partial charge in [0.2, 0.25) is 0 Å². The minimum atomic E-state index is 0.339. The van der Waals surface area contributed by atoms with Gasteiger partial charge in [-0.15, -0.1) is 0 Å². The average Bonchev–Trinajstić information content (AvgIpc) is 2.87. The van der Waals surface area contributed by atoms with Crippen molar-refractivity contribution in [3.8, 4) is 0 Å². The van der Waals surface area contributed by atoms with Crippen molar-refractivity contribution in [2.75, 3.05) is 0 Å². The number of hydrogen-bond donors (Lipinski definition) is 1. The van der Waals surface area contributed by atoms with Gasteiger partial charge in [-0.25, -0.2) is 0 Å². The van der Waals surface area contributed by atoms with Gasteiger partial charge in [-0.3, -0.25) is 4.98 Å². The molecule has 1 saturated carbocycles. The predicted octanol–water partition coefficient (Wildman–Crippen LogP) is 1.38. The van der Waals surface area contributed by atoms with E-state index in [1.807, 2.05) is 6.20 Å². The van der Waals surface area contributed by atoms with Crippen molar-refractivity contribution in [1.82, 2.24) is 4.98 Å². The first kappa shape index (κ1) is 7.51. The Kier molecular flexibility index (Phi) is 1.47. The third-order valence-corrected chi connectivity index (χ3v) is 3.06. The van der Waals surface area contributed by atoms with Gasteiger partial charge in [-0.1, -0.05) is 0 Å². The van der Waals surface area contributed by atoms with Gasteiger partial charge >= 0.3 is 0 Å². The van der Waals surface area contributed by atoms with E-state index >= 15 is 0 Å². The molecule has 1 aromatic heterocycles. The van der Waals surface area contributed by atoms with Crippen LogP contribution in [0.5, 0.6) is 0 Å². The summed E-state index contributed by atoms with van der Waals surface area (Å²) in [6.07, 6.45) is 6.77. The quantitative estimate of drug-likeness (QED) is 0.698. The molecule has 2 aliphatic carbocycles. The molecule has 0 aliphatic heterocycles. The summed E-state index contributed by atoms with van der Waals surface area (Å²) in [6.45, 7) is 0. The summed E-state index contributed by atoms with van der Waals surface area (Å²) < 4.78 is 0. The average molecular weight is 174 g/mol. The van der Waals surface area contributed by atoms with Gasteiger partial charge in [0.15, 0.2) is 0 Å². The summed E-state index contributed by atoms with van der Waals surface area (Å²) in [5, 5.41) is 0. The third kappa shape index (κ3) is 1.25. The molecular weight excluding hydrogens is 160 g/mol. The molecule has 1 unspecified atom stereocenters. The SMILES string of the molecule is NC1Cc2cnc(C3CC3)cc2C1. The molecule has 1 heterocycles. The number of hydrogen-bond acceptors (Lipinski definition) is 2. The zero-order valence-corrected chi connectivity index (χ0v) is 7.66. The van der Waals surface area contributed by atoms with Crippen LogP contribution in [0.1, 0.15) is 35.6 Å². The molecule has 1 aromatic rings. The van der Waals surface area contributed by atoms with Crippen molar-refractivity contribution < 1.29 is 0 Å². The lowest BCUT2D eigenvalue weighted by Crippen LogP contribution is -2.18. The molecule has 1 atom stereocenters. The lowest BCUT2D eigenvalue weighted by molar-refractivity contribution is 0.721. The first-order valence-corrected chi connectivity index (χ1v) is 5.06. The number of pyridine rings is 1. The van der Waals surface area contributed by atoms with E-state index in [1.165, 1.54) is 29.7 Å². The summed E-state index contributed by atoms with van der Waals surface area (Å²) in [5.41, 5.74) is 10.0. The molecule has 2 aliphatic rings. The Hall–Kier alpha value is -0.890. The van der Waals surface area contributed by atoms with Crippen LogP contribution in [0.25, 0.3) is 0 Å². The van der Waals surface area contributed by atoms with Crippen LogP contribution in [0, 0.1) is 0 Å². The van der Waals surface area contributed by atoms with Crippen molar-refractivity contribution in [1.29, 1.82) is 0 Å². The van der Waals surface area contributed by atoms with Crippen LogP contribution in [-0.2, 0) is 12.8 Å². The molecule has 0 aromatic carbocycles. The minimum Gasteiger partial charge on any atom is -0.327 e. The number of nitrogens with two attached hydrogens (primary N) is 1. The van der Waals surface area contributed by atoms with Crippen LogP contribution in [0.2, 0.25) is 0 Å². The van der Waals surface area contributed by atoms with Crippen molar-refractivity contribution >= 4 is 0 Å². The first-order valence-electron chi connectivity index (χ1n) is 5.06. The van der Waals surface area contributed by atoms with E-state index in [9.17, 15) is 0 Å². The molecular formula is C11H14N2. The zero-order valence-electron chi connectivity index (χ0n) is 7.66. The van der Waals surface area contributed by atoms with Gasteiger partial charge in [0.05, 0.1) is 0 Å². The van der Waals surface area contributed by atoms with Gasteiger partial charge in [-0.2, -0.15) is 0 Å². The molecule has 13 heavy (non-hydrogen) atoms. The molecule has 68 valence electrons. The predicted molar refractivity (Wildman–Crippen MR) is 51.6 cm³/mol. The maximum atomic E-state index is 5.90. The van der Waals surface area contributed by atoms with Gasteiger partial charge in [0, 0.05) is 23.9 Å². The van der Waals surface area contributed by atoms with E-state index in [4.69, 9.17) is 5.73 Å². The summed E-state index contributed by atoms with van der Waals surface area (Å²) in [7, 11) is 0. The third-order valence-electron chi connectivity index (χ3n) is 3.06. The van der Waals surface area contributed by atoms with Crippen LogP contribution in [0.3, 0.4) is 0 Å². The minimum absolute atomic E-state index is 0.339. The Labute approximate surface area is 78.2 Å². The molecule has 2 N–H and O–H groups in total. The summed E-state index contributed by atoms with van der Waals surface area (Å²) in [4.78, 5) is 4.49. The maximum absolute atomic E-state index is 5.90. The molecule has 0 saturated heterocycles. The fourth-order valence-electron chi connectivity index (χ4n) is 2.16. The normalized spacial score (nSPS) is 26.1. The van der Waals surface area contributed by atoms with E-state index in [2.05, 4.69) is 11.1 Å². The van der Waals surface area contributed by atoms with Crippen LogP contribution in [0.4, 0.5) is 0 Å². The Balaban J connectivity index is 1.98. The highest BCUT2D eigenvalue weighted by atomic mass is 14.7. The number of fused-ring (bicyclic) bond motifs is 1. The molecule has 2 heteroatoms. The summed E-state index contributed by atoms with van der Waals surface area (Å²) >= 11 is 0. The van der Waals surface area contributed by atoms with Crippen LogP contribution in [-0.4, -0.2) is 11.0 Å². The van der Waals surface area contributed by atoms with Crippen molar-refractivity contribution in [3.05, 3.63) is 29.1 Å². The highest BCUT2D eigenvalue weighted by Gasteiger charge is 2.27. The second-order valence-corrected chi connectivity index (χ2v) is 4.32. The van der Waals surface area contributed by atoms with Gasteiger partial charge in [0.25, 0.3) is 0 Å². The number of aromatic nitrogens is 1. The van der Waals surface area contributed by atoms with Crippen molar-refractivity contribution in [2.45, 2.75) is 37.6 Å². The summed E-state index contributed by atoms with van der Waals surface area (Å²) in [6, 6.07) is 2.62. The molecule has 0 amide bonds. The second-order valence-electron chi connectivity index (χ2n) is 4.32. The fourth-order valence-corrected chi connectivity index (χ4v) is 2.16. The Bertz CT molecular complexity index is 342. The lowest BCUT2D eigenvalue weighted by atomic mass is 10.1. The zero-order chi connectivity index (χ0) is 8.84. The summed E-state index contributed by atoms with van der Waals surface area (Å²) in [5.74, 6) is 0.766. The fraction of sp³-hybridized carbons (Fsp3) is 0.545. The standard InChI is InChI=1S/C11H14N2/c12-10-3-8-5-11(7-1-2-7)13-6-9(8)4-10/h5-7,10H,1-4,12H2. The first-order chi connectivity index (χ1) is 6.33. The smallest absolute Gasteiger partial charge is 0.0437 e. The Morgan fingerprint density at radius 2 is 2.00 bits per heavy atom. The topological polar surface area (TPSA) is 38.9 Å². The van der Waals surface area contributed by atoms with Crippen molar-refractivity contribution in [2.24, 2.45) is 5.73 Å². The largest absolute Gasteiger partial charge is 0.327 e. The molecule has 0 bridgehead atoms. The van der Waals surface area contributed by atoms with E-state index in [1.54, 1.807) is 0 Å². The van der Waals surface area contributed by atoms with Crippen LogP contribution < -0.4 is 5.73 Å². The number of nitrogens with zero attached hydrogens (tertiary/aromatic N) is 1. The monoisotopic (exact) mass is 174 g/mol. The lowest BCUT2D eigenvalue weighted by Gasteiger charge is -2.01. The van der Waals surface area contributed by atoms with Crippen molar-refractivity contribution in [3.63, 3.8) is 0 Å². The van der Waals surface area contributed by atoms with Gasteiger partial charge < -0.3 is 5.73 Å². The molecule has 0 spiro atoms. The Morgan fingerprint density at radius 1 is 1.23 bits per heavy atom. The van der Waals surface area contributed by atoms with E-state index in [0.29, 0.717) is 6.04 Å². The van der Waals surface area contributed by atoms with Crippen LogP contribution >= 0.6 is 0 Å². The van der Waals surface area contributed by atoms with E-state index in [0.717, 1.165) is 18.8 Å². The second kappa shape index (κ2) is 2.55. The molecule has 2 nitrogen and oxygen atoms in total. The van der Waals surface area contributed by atoms with E-state index in [-0.39, 0.29) is 0 Å². The molecule has 1 fully saturated rings. The van der Waals surface area contributed by atoms with Gasteiger partial charge in [-0.05, 0) is 42.9 Å². The molecule has 3 rings (SSSR count). The highest BCUT2D eigenvalue weighted by molar-refractivity contribution is 5.34. The number of rotatable bonds is 1. The molecule has 0 radical (unpaired) electrons. The van der Waals surface area contributed by atoms with Gasteiger partial charge in [0.1, 0.15) is 0 Å². The van der Waals surface area contributed by atoms with Crippen LogP contribution in [0.15, 0.2) is 12.3 Å². The maximum Gasteiger partial charge on any atom is 0.0437 e.